The average Bonchev–Trinajstić information content (AvgIpc) is 2.69. The van der Waals surface area contributed by atoms with E-state index in [2.05, 4.69) is 22.0 Å². The predicted octanol–water partition coefficient (Wildman–Crippen LogP) is 2.52. The van der Waals surface area contributed by atoms with Crippen LogP contribution < -0.4 is 10.1 Å². The van der Waals surface area contributed by atoms with Crippen molar-refractivity contribution in [3.8, 4) is 5.75 Å². The monoisotopic (exact) mass is 415 g/mol. The predicted molar refractivity (Wildman–Crippen MR) is 115 cm³/mol. The molecule has 2 N–H and O–H groups in total. The van der Waals surface area contributed by atoms with E-state index < -0.39 is 11.9 Å². The molecule has 2 aromatic carbocycles. The van der Waals surface area contributed by atoms with Gasteiger partial charge in [0.25, 0.3) is 0 Å². The molecule has 1 saturated heterocycles. The summed E-state index contributed by atoms with van der Waals surface area (Å²) in [6.45, 7) is 7.11. The second-order valence-electron chi connectivity index (χ2n) is 7.89. The highest BCUT2D eigenvalue weighted by atomic mass is 19.1. The molecule has 0 unspecified atom stereocenters. The van der Waals surface area contributed by atoms with Crippen molar-refractivity contribution in [3.63, 3.8) is 0 Å². The third-order valence-corrected chi connectivity index (χ3v) is 5.23. The normalized spacial score (nSPS) is 18.7. The molecule has 0 bridgehead atoms. The Hall–Kier alpha value is -2.48. The quantitative estimate of drug-likeness (QED) is 0.694. The van der Waals surface area contributed by atoms with Crippen molar-refractivity contribution in [2.45, 2.75) is 26.0 Å². The van der Waals surface area contributed by atoms with Crippen LogP contribution in [-0.4, -0.2) is 72.3 Å². The Labute approximate surface area is 177 Å². The number of nitrogens with zero attached hydrogens (tertiary/aromatic N) is 2. The Kier molecular flexibility index (Phi) is 7.79. The van der Waals surface area contributed by atoms with Crippen molar-refractivity contribution in [1.29, 1.82) is 0 Å². The molecule has 0 aliphatic carbocycles. The fourth-order valence-electron chi connectivity index (χ4n) is 3.68. The van der Waals surface area contributed by atoms with Gasteiger partial charge in [-0.3, -0.25) is 14.6 Å². The first kappa shape index (κ1) is 22.2. The first-order valence-electron chi connectivity index (χ1n) is 10.3. The number of nitrogens with one attached hydrogen (secondary N) is 1. The van der Waals surface area contributed by atoms with Crippen LogP contribution in [0.1, 0.15) is 12.5 Å². The van der Waals surface area contributed by atoms with Crippen LogP contribution in [0.25, 0.3) is 0 Å². The molecule has 30 heavy (non-hydrogen) atoms. The molecule has 1 aliphatic rings. The summed E-state index contributed by atoms with van der Waals surface area (Å²) in [6.07, 6.45) is -0.719. The first-order valence-corrected chi connectivity index (χ1v) is 10.3. The number of anilines is 1. The summed E-state index contributed by atoms with van der Waals surface area (Å²) in [7, 11) is 0. The lowest BCUT2D eigenvalue weighted by Gasteiger charge is -2.40. The van der Waals surface area contributed by atoms with Gasteiger partial charge >= 0.3 is 0 Å². The molecule has 1 amide bonds. The van der Waals surface area contributed by atoms with Crippen molar-refractivity contribution < 1.29 is 19.0 Å². The lowest BCUT2D eigenvalue weighted by molar-refractivity contribution is -0.118. The van der Waals surface area contributed by atoms with E-state index in [0.29, 0.717) is 13.1 Å². The van der Waals surface area contributed by atoms with Gasteiger partial charge in [-0.05, 0) is 43.7 Å². The van der Waals surface area contributed by atoms with Gasteiger partial charge in [-0.25, -0.2) is 4.39 Å². The van der Waals surface area contributed by atoms with Gasteiger partial charge in [0.2, 0.25) is 5.91 Å². The smallest absolute Gasteiger partial charge is 0.238 e. The molecule has 0 spiro atoms. The van der Waals surface area contributed by atoms with E-state index in [1.165, 1.54) is 6.07 Å². The summed E-state index contributed by atoms with van der Waals surface area (Å²) >= 11 is 0. The van der Waals surface area contributed by atoms with Gasteiger partial charge in [-0.2, -0.15) is 0 Å². The topological polar surface area (TPSA) is 65.0 Å². The van der Waals surface area contributed by atoms with Gasteiger partial charge in [0.1, 0.15) is 12.7 Å². The van der Waals surface area contributed by atoms with Gasteiger partial charge in [0, 0.05) is 37.9 Å². The largest absolute Gasteiger partial charge is 0.488 e. The second kappa shape index (κ2) is 10.5. The molecule has 0 aromatic heterocycles. The van der Waals surface area contributed by atoms with Crippen LogP contribution in [-0.2, 0) is 4.79 Å². The summed E-state index contributed by atoms with van der Waals surface area (Å²) in [5, 5.41) is 13.2. The number of hydrogen-bond donors (Lipinski definition) is 2. The highest BCUT2D eigenvalue weighted by molar-refractivity contribution is 5.92. The van der Waals surface area contributed by atoms with E-state index in [4.69, 9.17) is 4.74 Å². The van der Waals surface area contributed by atoms with E-state index in [-0.39, 0.29) is 24.3 Å². The molecular weight excluding hydrogens is 385 g/mol. The Bertz CT molecular complexity index is 848. The molecule has 0 saturated carbocycles. The maximum Gasteiger partial charge on any atom is 0.238 e. The minimum absolute atomic E-state index is 0.0282. The molecule has 3 rings (SSSR count). The number of β-amino-alcohol motifs (C(OH)–C–C–N with tert-alkyl or cyclic N) is 1. The number of aliphatic hydroxyl groups excluding tert-OH is 1. The van der Waals surface area contributed by atoms with Crippen LogP contribution in [0, 0.1) is 12.7 Å². The van der Waals surface area contributed by atoms with Gasteiger partial charge in [-0.1, -0.05) is 24.3 Å². The number of carbonyl (C=O) groups is 1. The van der Waals surface area contributed by atoms with Gasteiger partial charge in [0.05, 0.1) is 6.54 Å². The summed E-state index contributed by atoms with van der Waals surface area (Å²) < 4.78 is 19.0. The van der Waals surface area contributed by atoms with Crippen LogP contribution in [0.5, 0.6) is 5.75 Å². The Balaban J connectivity index is 1.41. The Morgan fingerprint density at radius 1 is 1.27 bits per heavy atom. The Morgan fingerprint density at radius 2 is 2.07 bits per heavy atom. The fourth-order valence-corrected chi connectivity index (χ4v) is 3.68. The SMILES string of the molecule is Cc1cccc(NC(=O)CN2CCN(C[C@H](O)COc3ccccc3F)[C@@H](C)C2)c1. The summed E-state index contributed by atoms with van der Waals surface area (Å²) in [4.78, 5) is 16.6. The standard InChI is InChI=1S/C23H30FN3O3/c1-17-6-5-7-19(12-17)25-23(29)15-26-10-11-27(18(2)13-26)14-20(28)16-30-22-9-4-3-8-21(22)24/h3-9,12,18,20,28H,10-11,13-16H2,1-2H3,(H,25,29)/t18-,20-/m0/s1. The van der Waals surface area contributed by atoms with Gasteiger partial charge in [-0.15, -0.1) is 0 Å². The number of carbonyl (C=O) groups excluding carboxylic acids is 1. The fraction of sp³-hybridized carbons (Fsp3) is 0.435. The molecule has 7 heteroatoms. The van der Waals surface area contributed by atoms with Crippen LogP contribution in [0.2, 0.25) is 0 Å². The maximum absolute atomic E-state index is 13.6. The number of para-hydroxylation sites is 1. The number of ether oxygens (including phenoxy) is 1. The molecule has 2 atom stereocenters. The highest BCUT2D eigenvalue weighted by Gasteiger charge is 2.26. The van der Waals surface area contributed by atoms with E-state index >= 15 is 0 Å². The molecular formula is C23H30FN3O3. The third kappa shape index (κ3) is 6.52. The molecule has 162 valence electrons. The maximum atomic E-state index is 13.6. The number of piperazine rings is 1. The van der Waals surface area contributed by atoms with E-state index in [1.54, 1.807) is 18.2 Å². The van der Waals surface area contributed by atoms with Crippen molar-refractivity contribution in [2.75, 3.05) is 44.6 Å². The average molecular weight is 416 g/mol. The van der Waals surface area contributed by atoms with Crippen LogP contribution in [0.3, 0.4) is 0 Å². The van der Waals surface area contributed by atoms with Crippen LogP contribution in [0.4, 0.5) is 10.1 Å². The zero-order chi connectivity index (χ0) is 21.5. The Morgan fingerprint density at radius 3 is 2.80 bits per heavy atom. The number of halogens is 1. The lowest BCUT2D eigenvalue weighted by Crippen LogP contribution is -2.55. The number of amides is 1. The zero-order valence-electron chi connectivity index (χ0n) is 17.6. The molecule has 2 aromatic rings. The van der Waals surface area contributed by atoms with Gasteiger partial charge < -0.3 is 15.2 Å². The van der Waals surface area contributed by atoms with Crippen molar-refractivity contribution in [2.24, 2.45) is 0 Å². The summed E-state index contributed by atoms with van der Waals surface area (Å²) in [5.41, 5.74) is 1.91. The highest BCUT2D eigenvalue weighted by Crippen LogP contribution is 2.16. The van der Waals surface area contributed by atoms with Crippen molar-refractivity contribution >= 4 is 11.6 Å². The first-order chi connectivity index (χ1) is 14.4. The molecule has 6 nitrogen and oxygen atoms in total. The molecule has 0 radical (unpaired) electrons. The minimum Gasteiger partial charge on any atom is -0.488 e. The molecule has 1 aliphatic heterocycles. The number of benzene rings is 2. The van der Waals surface area contributed by atoms with Crippen LogP contribution in [0.15, 0.2) is 48.5 Å². The van der Waals surface area contributed by atoms with E-state index in [0.717, 1.165) is 30.9 Å². The summed E-state index contributed by atoms with van der Waals surface area (Å²) in [6, 6.07) is 14.1. The number of aliphatic hydroxyl groups is 1. The van der Waals surface area contributed by atoms with Crippen molar-refractivity contribution in [3.05, 3.63) is 59.9 Å². The molecule has 1 fully saturated rings. The lowest BCUT2D eigenvalue weighted by atomic mass is 10.1. The number of hydrogen-bond acceptors (Lipinski definition) is 5. The minimum atomic E-state index is -0.719. The number of rotatable bonds is 8. The zero-order valence-corrected chi connectivity index (χ0v) is 17.6. The number of aryl methyl sites for hydroxylation is 1. The van der Waals surface area contributed by atoms with Gasteiger partial charge in [0.15, 0.2) is 11.6 Å². The summed E-state index contributed by atoms with van der Waals surface area (Å²) in [5.74, 6) is -0.316. The third-order valence-electron chi connectivity index (χ3n) is 5.23. The van der Waals surface area contributed by atoms with E-state index in [1.807, 2.05) is 31.2 Å². The second-order valence-corrected chi connectivity index (χ2v) is 7.89. The molecule has 1 heterocycles. The van der Waals surface area contributed by atoms with E-state index in [9.17, 15) is 14.3 Å². The van der Waals surface area contributed by atoms with Crippen molar-refractivity contribution in [1.82, 2.24) is 9.80 Å². The van der Waals surface area contributed by atoms with Crippen LogP contribution >= 0.6 is 0 Å².